The number of rotatable bonds is 2. The third-order valence-corrected chi connectivity index (χ3v) is 4.10. The van der Waals surface area contributed by atoms with Gasteiger partial charge in [-0.25, -0.2) is 0 Å². The molecule has 2 aromatic heterocycles. The molecule has 1 atom stereocenters. The van der Waals surface area contributed by atoms with E-state index in [1.807, 2.05) is 0 Å². The summed E-state index contributed by atoms with van der Waals surface area (Å²) >= 11 is 3.28. The van der Waals surface area contributed by atoms with Gasteiger partial charge in [0.25, 0.3) is 5.91 Å². The predicted octanol–water partition coefficient (Wildman–Crippen LogP) is 2.66. The van der Waals surface area contributed by atoms with Gasteiger partial charge in [-0.2, -0.15) is 23.4 Å². The van der Waals surface area contributed by atoms with Gasteiger partial charge in [0.2, 0.25) is 0 Å². The molecule has 1 aliphatic heterocycles. The van der Waals surface area contributed by atoms with E-state index in [-0.39, 0.29) is 11.7 Å². The third-order valence-electron chi connectivity index (χ3n) is 3.71. The molecule has 3 heterocycles. The van der Waals surface area contributed by atoms with Crippen molar-refractivity contribution in [2.24, 2.45) is 7.05 Å². The largest absolute Gasteiger partial charge is 0.435 e. The van der Waals surface area contributed by atoms with Gasteiger partial charge < -0.3 is 5.32 Å². The Hall–Kier alpha value is -1.84. The van der Waals surface area contributed by atoms with Gasteiger partial charge in [0, 0.05) is 19.7 Å². The van der Waals surface area contributed by atoms with Gasteiger partial charge in [-0.3, -0.25) is 14.2 Å². The van der Waals surface area contributed by atoms with E-state index >= 15 is 0 Å². The van der Waals surface area contributed by atoms with Crippen molar-refractivity contribution in [1.29, 1.82) is 0 Å². The Labute approximate surface area is 137 Å². The molecule has 0 aromatic carbocycles. The van der Waals surface area contributed by atoms with Crippen molar-refractivity contribution in [3.05, 3.63) is 33.8 Å². The zero-order valence-corrected chi connectivity index (χ0v) is 13.6. The summed E-state index contributed by atoms with van der Waals surface area (Å²) in [5.41, 5.74) is -0.385. The Morgan fingerprint density at radius 3 is 2.78 bits per heavy atom. The molecule has 0 fully saturated rings. The first-order valence-electron chi connectivity index (χ1n) is 6.91. The predicted molar refractivity (Wildman–Crippen MR) is 77.6 cm³/mol. The number of aromatic nitrogens is 4. The van der Waals surface area contributed by atoms with Crippen molar-refractivity contribution in [3.63, 3.8) is 0 Å². The summed E-state index contributed by atoms with van der Waals surface area (Å²) < 4.78 is 41.4. The van der Waals surface area contributed by atoms with Crippen LogP contribution in [-0.4, -0.2) is 25.5 Å². The number of halogens is 4. The quantitative estimate of drug-likeness (QED) is 0.855. The standard InChI is InChI=1S/C13H13BrF3N5O/c1-21-9(5-10(19-21)13(15,16)17)12(23)18-7-3-2-4-22-8(7)6-11(14)20-22/h5-7H,2-4H2,1H3,(H,18,23). The second kappa shape index (κ2) is 5.66. The van der Waals surface area contributed by atoms with E-state index in [0.717, 1.165) is 29.4 Å². The van der Waals surface area contributed by atoms with E-state index in [0.29, 0.717) is 11.0 Å². The molecule has 0 saturated carbocycles. The highest BCUT2D eigenvalue weighted by atomic mass is 79.9. The highest BCUT2D eigenvalue weighted by Crippen LogP contribution is 2.30. The van der Waals surface area contributed by atoms with E-state index in [4.69, 9.17) is 0 Å². The fourth-order valence-electron chi connectivity index (χ4n) is 2.65. The molecule has 0 bridgehead atoms. The van der Waals surface area contributed by atoms with Crippen LogP contribution in [-0.2, 0) is 19.8 Å². The summed E-state index contributed by atoms with van der Waals surface area (Å²) in [7, 11) is 1.31. The topological polar surface area (TPSA) is 64.7 Å². The van der Waals surface area contributed by atoms with Crippen molar-refractivity contribution in [1.82, 2.24) is 24.9 Å². The maximum atomic E-state index is 12.7. The third kappa shape index (κ3) is 3.12. The Morgan fingerprint density at radius 2 is 2.13 bits per heavy atom. The van der Waals surface area contributed by atoms with Gasteiger partial charge in [-0.05, 0) is 34.8 Å². The Bertz CT molecular complexity index is 751. The number of nitrogens with one attached hydrogen (secondary N) is 1. The van der Waals surface area contributed by atoms with Crippen LogP contribution in [0.4, 0.5) is 13.2 Å². The zero-order valence-electron chi connectivity index (χ0n) is 12.1. The number of alkyl halides is 3. The molecule has 0 radical (unpaired) electrons. The number of hydrogen-bond donors (Lipinski definition) is 1. The fourth-order valence-corrected chi connectivity index (χ4v) is 3.07. The maximum absolute atomic E-state index is 12.7. The summed E-state index contributed by atoms with van der Waals surface area (Å²) in [6, 6.07) is 2.26. The number of aryl methyl sites for hydroxylation is 2. The normalized spacial score (nSPS) is 17.9. The van der Waals surface area contributed by atoms with Crippen molar-refractivity contribution >= 4 is 21.8 Å². The van der Waals surface area contributed by atoms with Crippen LogP contribution in [0.3, 0.4) is 0 Å². The van der Waals surface area contributed by atoms with Crippen molar-refractivity contribution in [2.45, 2.75) is 31.6 Å². The molecule has 10 heteroatoms. The maximum Gasteiger partial charge on any atom is 0.435 e. The highest BCUT2D eigenvalue weighted by Gasteiger charge is 2.36. The van der Waals surface area contributed by atoms with E-state index in [1.165, 1.54) is 7.05 Å². The second-order valence-electron chi connectivity index (χ2n) is 5.32. The molecule has 1 N–H and O–H groups in total. The number of carbonyl (C=O) groups is 1. The summed E-state index contributed by atoms with van der Waals surface area (Å²) in [6.07, 6.45) is -3.05. The lowest BCUT2D eigenvalue weighted by molar-refractivity contribution is -0.141. The van der Waals surface area contributed by atoms with Crippen molar-refractivity contribution in [3.8, 4) is 0 Å². The molecule has 1 unspecified atom stereocenters. The summed E-state index contributed by atoms with van der Waals surface area (Å²) in [5.74, 6) is -0.591. The van der Waals surface area contributed by atoms with Crippen LogP contribution in [0.15, 0.2) is 16.7 Å². The van der Waals surface area contributed by atoms with Gasteiger partial charge in [-0.1, -0.05) is 0 Å². The highest BCUT2D eigenvalue weighted by molar-refractivity contribution is 9.10. The lowest BCUT2D eigenvalue weighted by Gasteiger charge is -2.24. The van der Waals surface area contributed by atoms with Crippen LogP contribution in [0.5, 0.6) is 0 Å². The molecule has 6 nitrogen and oxygen atoms in total. The first-order valence-corrected chi connectivity index (χ1v) is 7.70. The number of fused-ring (bicyclic) bond motifs is 1. The van der Waals surface area contributed by atoms with Crippen molar-refractivity contribution < 1.29 is 18.0 Å². The van der Waals surface area contributed by atoms with E-state index in [1.54, 1.807) is 10.7 Å². The smallest absolute Gasteiger partial charge is 0.342 e. The number of amides is 1. The molecule has 0 aliphatic carbocycles. The van der Waals surface area contributed by atoms with Gasteiger partial charge >= 0.3 is 6.18 Å². The Kier molecular flexibility index (Phi) is 3.95. The van der Waals surface area contributed by atoms with Gasteiger partial charge in [0.15, 0.2) is 5.69 Å². The minimum Gasteiger partial charge on any atom is -0.342 e. The van der Waals surface area contributed by atoms with E-state index in [9.17, 15) is 18.0 Å². The summed E-state index contributed by atoms with van der Waals surface area (Å²) in [5, 5.41) is 10.4. The van der Waals surface area contributed by atoms with E-state index < -0.39 is 17.8 Å². The second-order valence-corrected chi connectivity index (χ2v) is 6.13. The molecule has 1 aliphatic rings. The van der Waals surface area contributed by atoms with Crippen LogP contribution >= 0.6 is 15.9 Å². The number of carbonyl (C=O) groups excluding carboxylic acids is 1. The number of hydrogen-bond acceptors (Lipinski definition) is 3. The van der Waals surface area contributed by atoms with E-state index in [2.05, 4.69) is 31.4 Å². The van der Waals surface area contributed by atoms with Gasteiger partial charge in [0.05, 0.1) is 11.7 Å². The van der Waals surface area contributed by atoms with Crippen LogP contribution < -0.4 is 5.32 Å². The monoisotopic (exact) mass is 391 g/mol. The molecular formula is C13H13BrF3N5O. The molecule has 0 spiro atoms. The first-order chi connectivity index (χ1) is 10.8. The number of nitrogens with zero attached hydrogens (tertiary/aromatic N) is 4. The summed E-state index contributed by atoms with van der Waals surface area (Å²) in [4.78, 5) is 12.3. The van der Waals surface area contributed by atoms with Crippen LogP contribution in [0.1, 0.15) is 40.8 Å². The molecule has 124 valence electrons. The summed E-state index contributed by atoms with van der Waals surface area (Å²) in [6.45, 7) is 0.747. The van der Waals surface area contributed by atoms with Gasteiger partial charge in [-0.15, -0.1) is 0 Å². The average Bonchev–Trinajstić information content (AvgIpc) is 3.01. The molecule has 23 heavy (non-hydrogen) atoms. The SMILES string of the molecule is Cn1nc(C(F)(F)F)cc1C(=O)NC1CCCn2nc(Br)cc21. The lowest BCUT2D eigenvalue weighted by Crippen LogP contribution is -2.33. The van der Waals surface area contributed by atoms with Crippen LogP contribution in [0.2, 0.25) is 0 Å². The van der Waals surface area contributed by atoms with Crippen LogP contribution in [0, 0.1) is 0 Å². The average molecular weight is 392 g/mol. The minimum atomic E-state index is -4.58. The molecular weight excluding hydrogens is 379 g/mol. The first kappa shape index (κ1) is 16.0. The fraction of sp³-hybridized carbons (Fsp3) is 0.462. The Balaban J connectivity index is 1.82. The van der Waals surface area contributed by atoms with Crippen LogP contribution in [0.25, 0.3) is 0 Å². The molecule has 2 aromatic rings. The molecule has 3 rings (SSSR count). The van der Waals surface area contributed by atoms with Crippen molar-refractivity contribution in [2.75, 3.05) is 0 Å². The molecule has 1 amide bonds. The Morgan fingerprint density at radius 1 is 1.39 bits per heavy atom. The van der Waals surface area contributed by atoms with Gasteiger partial charge in [0.1, 0.15) is 10.3 Å². The minimum absolute atomic E-state index is 0.131. The lowest BCUT2D eigenvalue weighted by atomic mass is 10.0. The zero-order chi connectivity index (χ0) is 16.8. The molecule has 0 saturated heterocycles.